The Morgan fingerprint density at radius 3 is 2.68 bits per heavy atom. The van der Waals surface area contributed by atoms with Crippen LogP contribution < -0.4 is 5.32 Å². The van der Waals surface area contributed by atoms with Crippen molar-refractivity contribution >= 4 is 22.8 Å². The Morgan fingerprint density at radius 2 is 2.00 bits per heavy atom. The van der Waals surface area contributed by atoms with Crippen LogP contribution >= 0.6 is 0 Å². The summed E-state index contributed by atoms with van der Waals surface area (Å²) in [7, 11) is 0. The lowest BCUT2D eigenvalue weighted by Crippen LogP contribution is -2.34. The Balaban J connectivity index is 1.94. The Bertz CT molecular complexity index is 661. The number of carboxylic acids is 1. The smallest absolute Gasteiger partial charge is 0.308 e. The van der Waals surface area contributed by atoms with E-state index in [9.17, 15) is 14.7 Å². The molecule has 3 N–H and O–H groups in total. The van der Waals surface area contributed by atoms with Crippen molar-refractivity contribution in [2.24, 2.45) is 11.8 Å². The van der Waals surface area contributed by atoms with Gasteiger partial charge in [0, 0.05) is 23.6 Å². The summed E-state index contributed by atoms with van der Waals surface area (Å²) in [5, 5.41) is 12.9. The minimum absolute atomic E-state index is 0.153. The molecule has 2 aromatic rings. The Hall–Kier alpha value is -2.30. The van der Waals surface area contributed by atoms with Gasteiger partial charge in [-0.05, 0) is 24.0 Å². The number of carbonyl (C=O) groups excluding carboxylic acids is 1. The van der Waals surface area contributed by atoms with Crippen LogP contribution in [0.1, 0.15) is 25.8 Å². The zero-order valence-electron chi connectivity index (χ0n) is 12.9. The van der Waals surface area contributed by atoms with Gasteiger partial charge in [0.25, 0.3) is 0 Å². The van der Waals surface area contributed by atoms with Crippen LogP contribution in [0.2, 0.25) is 0 Å². The number of amides is 1. The van der Waals surface area contributed by atoms with Crippen molar-refractivity contribution < 1.29 is 14.7 Å². The SMILES string of the molecule is CC(C)CC(CNC(=O)Cc1c[nH]c2ccccc12)C(=O)O. The standard InChI is InChI=1S/C17H22N2O3/c1-11(2)7-13(17(21)22)10-19-16(20)8-12-9-18-15-6-4-3-5-14(12)15/h3-6,9,11,13,18H,7-8,10H2,1-2H3,(H,19,20)(H,21,22). The maximum Gasteiger partial charge on any atom is 0.308 e. The van der Waals surface area contributed by atoms with Gasteiger partial charge in [-0.1, -0.05) is 32.0 Å². The highest BCUT2D eigenvalue weighted by molar-refractivity contribution is 5.89. The lowest BCUT2D eigenvalue weighted by molar-refractivity contribution is -0.142. The molecule has 5 nitrogen and oxygen atoms in total. The van der Waals surface area contributed by atoms with Gasteiger partial charge >= 0.3 is 5.97 Å². The molecule has 1 atom stereocenters. The van der Waals surface area contributed by atoms with E-state index in [-0.39, 0.29) is 24.8 Å². The quantitative estimate of drug-likeness (QED) is 0.735. The van der Waals surface area contributed by atoms with Crippen molar-refractivity contribution in [2.75, 3.05) is 6.54 Å². The number of aromatic amines is 1. The molecule has 0 radical (unpaired) electrons. The third kappa shape index (κ3) is 4.10. The first-order chi connectivity index (χ1) is 10.5. The molecule has 1 aromatic heterocycles. The number of benzene rings is 1. The third-order valence-corrected chi connectivity index (χ3v) is 3.68. The average molecular weight is 302 g/mol. The van der Waals surface area contributed by atoms with Crippen LogP contribution in [0.15, 0.2) is 30.5 Å². The molecule has 0 saturated carbocycles. The van der Waals surface area contributed by atoms with E-state index in [1.165, 1.54) is 0 Å². The molecule has 1 unspecified atom stereocenters. The number of aromatic nitrogens is 1. The molecule has 0 aliphatic rings. The second-order valence-electron chi connectivity index (χ2n) is 6.01. The number of carbonyl (C=O) groups is 2. The zero-order chi connectivity index (χ0) is 16.1. The fourth-order valence-electron chi connectivity index (χ4n) is 2.59. The van der Waals surface area contributed by atoms with E-state index in [0.29, 0.717) is 6.42 Å². The normalized spacial score (nSPS) is 12.5. The average Bonchev–Trinajstić information content (AvgIpc) is 2.86. The van der Waals surface area contributed by atoms with Gasteiger partial charge in [0.2, 0.25) is 5.91 Å². The van der Waals surface area contributed by atoms with Crippen molar-refractivity contribution in [1.82, 2.24) is 10.3 Å². The van der Waals surface area contributed by atoms with Crippen LogP contribution in [0.4, 0.5) is 0 Å². The molecule has 22 heavy (non-hydrogen) atoms. The molecule has 0 saturated heterocycles. The third-order valence-electron chi connectivity index (χ3n) is 3.68. The summed E-state index contributed by atoms with van der Waals surface area (Å²) in [5.41, 5.74) is 1.91. The molecule has 1 aromatic carbocycles. The minimum atomic E-state index is -0.860. The number of hydrogen-bond donors (Lipinski definition) is 3. The summed E-state index contributed by atoms with van der Waals surface area (Å²) in [4.78, 5) is 26.4. The number of para-hydroxylation sites is 1. The molecule has 0 bridgehead atoms. The molecule has 2 rings (SSSR count). The van der Waals surface area contributed by atoms with Gasteiger partial charge < -0.3 is 15.4 Å². The molecule has 0 spiro atoms. The summed E-state index contributed by atoms with van der Waals surface area (Å²) in [6.45, 7) is 4.13. The largest absolute Gasteiger partial charge is 0.481 e. The highest BCUT2D eigenvalue weighted by Gasteiger charge is 2.19. The topological polar surface area (TPSA) is 82.2 Å². The maximum atomic E-state index is 12.0. The Kier molecular flexibility index (Phi) is 5.20. The zero-order valence-corrected chi connectivity index (χ0v) is 12.9. The van der Waals surface area contributed by atoms with Crippen LogP contribution in [0.3, 0.4) is 0 Å². The van der Waals surface area contributed by atoms with Gasteiger partial charge in [0.05, 0.1) is 12.3 Å². The first-order valence-corrected chi connectivity index (χ1v) is 7.52. The molecule has 1 amide bonds. The van der Waals surface area contributed by atoms with E-state index in [1.807, 2.05) is 44.3 Å². The van der Waals surface area contributed by atoms with Crippen LogP contribution in [-0.2, 0) is 16.0 Å². The number of carboxylic acid groups (broad SMARTS) is 1. The van der Waals surface area contributed by atoms with Crippen LogP contribution in [-0.4, -0.2) is 28.5 Å². The number of fused-ring (bicyclic) bond motifs is 1. The number of aliphatic carboxylic acids is 1. The van der Waals surface area contributed by atoms with Gasteiger partial charge in [-0.3, -0.25) is 9.59 Å². The molecule has 0 aliphatic heterocycles. The molecule has 1 heterocycles. The van der Waals surface area contributed by atoms with Crippen molar-refractivity contribution in [1.29, 1.82) is 0 Å². The van der Waals surface area contributed by atoms with E-state index in [2.05, 4.69) is 10.3 Å². The summed E-state index contributed by atoms with van der Waals surface area (Å²) in [6.07, 6.45) is 2.63. The number of hydrogen-bond acceptors (Lipinski definition) is 2. The first kappa shape index (κ1) is 16.1. The second kappa shape index (κ2) is 7.11. The van der Waals surface area contributed by atoms with Gasteiger partial charge in [-0.15, -0.1) is 0 Å². The highest BCUT2D eigenvalue weighted by atomic mass is 16.4. The summed E-state index contributed by atoms with van der Waals surface area (Å²) in [5.74, 6) is -1.26. The second-order valence-corrected chi connectivity index (χ2v) is 6.01. The summed E-state index contributed by atoms with van der Waals surface area (Å²) < 4.78 is 0. The van der Waals surface area contributed by atoms with Crippen molar-refractivity contribution in [3.8, 4) is 0 Å². The Morgan fingerprint density at radius 1 is 1.27 bits per heavy atom. The fourth-order valence-corrected chi connectivity index (χ4v) is 2.59. The minimum Gasteiger partial charge on any atom is -0.481 e. The molecular weight excluding hydrogens is 280 g/mol. The number of H-pyrrole nitrogens is 1. The predicted molar refractivity (Wildman–Crippen MR) is 85.6 cm³/mol. The van der Waals surface area contributed by atoms with E-state index in [1.54, 1.807) is 0 Å². The van der Waals surface area contributed by atoms with E-state index in [0.717, 1.165) is 16.5 Å². The monoisotopic (exact) mass is 302 g/mol. The lowest BCUT2D eigenvalue weighted by atomic mass is 9.97. The van der Waals surface area contributed by atoms with Crippen molar-refractivity contribution in [3.05, 3.63) is 36.0 Å². The molecule has 0 fully saturated rings. The maximum absolute atomic E-state index is 12.0. The number of nitrogens with one attached hydrogen (secondary N) is 2. The highest BCUT2D eigenvalue weighted by Crippen LogP contribution is 2.18. The predicted octanol–water partition coefficient (Wildman–Crippen LogP) is 2.57. The number of rotatable bonds is 7. The molecule has 0 aliphatic carbocycles. The van der Waals surface area contributed by atoms with E-state index >= 15 is 0 Å². The summed E-state index contributed by atoms with van der Waals surface area (Å²) in [6, 6.07) is 7.79. The van der Waals surface area contributed by atoms with Gasteiger partial charge in [-0.2, -0.15) is 0 Å². The van der Waals surface area contributed by atoms with Crippen molar-refractivity contribution in [3.63, 3.8) is 0 Å². The molecular formula is C17H22N2O3. The van der Waals surface area contributed by atoms with Gasteiger partial charge in [0.15, 0.2) is 0 Å². The molecule has 5 heteroatoms. The fraction of sp³-hybridized carbons (Fsp3) is 0.412. The van der Waals surface area contributed by atoms with Crippen LogP contribution in [0.5, 0.6) is 0 Å². The molecule has 118 valence electrons. The summed E-state index contributed by atoms with van der Waals surface area (Å²) >= 11 is 0. The van der Waals surface area contributed by atoms with Crippen molar-refractivity contribution in [2.45, 2.75) is 26.7 Å². The van der Waals surface area contributed by atoms with E-state index in [4.69, 9.17) is 0 Å². The van der Waals surface area contributed by atoms with Gasteiger partial charge in [0.1, 0.15) is 0 Å². The first-order valence-electron chi connectivity index (χ1n) is 7.52. The Labute approximate surface area is 129 Å². The van der Waals surface area contributed by atoms with Gasteiger partial charge in [-0.25, -0.2) is 0 Å². The lowest BCUT2D eigenvalue weighted by Gasteiger charge is -2.15. The van der Waals surface area contributed by atoms with Crippen LogP contribution in [0.25, 0.3) is 10.9 Å². The van der Waals surface area contributed by atoms with Crippen LogP contribution in [0, 0.1) is 11.8 Å². The van der Waals surface area contributed by atoms with E-state index < -0.39 is 11.9 Å².